The minimum absolute atomic E-state index is 0.212. The van der Waals surface area contributed by atoms with Crippen LogP contribution in [0.15, 0.2) is 63.8 Å². The molecule has 2 N–H and O–H groups in total. The predicted octanol–water partition coefficient (Wildman–Crippen LogP) is 4.37. The molecule has 2 aromatic carbocycles. The van der Waals surface area contributed by atoms with Crippen molar-refractivity contribution in [3.8, 4) is 11.5 Å². The number of amides is 2. The SMILES string of the molecule is CCCCCCCCOc1ccc(OCC(=O)NNC(=O)c2cc3ccccc3oc2=O)cc1. The van der Waals surface area contributed by atoms with Gasteiger partial charge in [-0.25, -0.2) is 4.79 Å². The van der Waals surface area contributed by atoms with E-state index in [4.69, 9.17) is 13.9 Å². The van der Waals surface area contributed by atoms with Crippen molar-refractivity contribution < 1.29 is 23.5 Å². The standard InChI is InChI=1S/C26H30N2O6/c1-2-3-4-5-6-9-16-32-20-12-14-21(15-13-20)33-18-24(29)27-28-25(30)22-17-19-10-7-8-11-23(19)34-26(22)31/h7-8,10-15,17H,2-6,9,16,18H2,1H3,(H,27,29)(H,28,30). The minimum Gasteiger partial charge on any atom is -0.494 e. The molecule has 0 bridgehead atoms. The van der Waals surface area contributed by atoms with Gasteiger partial charge in [-0.05, 0) is 42.8 Å². The van der Waals surface area contributed by atoms with Crippen molar-refractivity contribution in [2.24, 2.45) is 0 Å². The molecule has 0 unspecified atom stereocenters. The summed E-state index contributed by atoms with van der Waals surface area (Å²) in [5.41, 5.74) is 3.79. The van der Waals surface area contributed by atoms with Crippen molar-refractivity contribution in [2.45, 2.75) is 45.4 Å². The molecule has 1 aromatic heterocycles. The van der Waals surface area contributed by atoms with Crippen molar-refractivity contribution in [1.82, 2.24) is 10.9 Å². The first-order valence-corrected chi connectivity index (χ1v) is 11.5. The van der Waals surface area contributed by atoms with Crippen LogP contribution in [0.3, 0.4) is 0 Å². The summed E-state index contributed by atoms with van der Waals surface area (Å²) < 4.78 is 16.3. The molecule has 3 aromatic rings. The number of hydrogen-bond acceptors (Lipinski definition) is 6. The van der Waals surface area contributed by atoms with E-state index in [9.17, 15) is 14.4 Å². The van der Waals surface area contributed by atoms with Crippen LogP contribution in [0, 0.1) is 0 Å². The Hall–Kier alpha value is -3.81. The third kappa shape index (κ3) is 7.65. The summed E-state index contributed by atoms with van der Waals surface area (Å²) in [5, 5.41) is 0.598. The number of benzene rings is 2. The first kappa shape index (κ1) is 24.8. The van der Waals surface area contributed by atoms with Crippen LogP contribution >= 0.6 is 0 Å². The van der Waals surface area contributed by atoms with Crippen molar-refractivity contribution in [2.75, 3.05) is 13.2 Å². The summed E-state index contributed by atoms with van der Waals surface area (Å²) in [7, 11) is 0. The summed E-state index contributed by atoms with van der Waals surface area (Å²) in [4.78, 5) is 36.3. The van der Waals surface area contributed by atoms with E-state index in [0.29, 0.717) is 23.3 Å². The number of carbonyl (C=O) groups is 2. The van der Waals surface area contributed by atoms with Crippen LogP contribution in [0.1, 0.15) is 55.8 Å². The molecular weight excluding hydrogens is 436 g/mol. The molecular formula is C26H30N2O6. The van der Waals surface area contributed by atoms with Gasteiger partial charge in [-0.2, -0.15) is 0 Å². The Morgan fingerprint density at radius 3 is 2.29 bits per heavy atom. The lowest BCUT2D eigenvalue weighted by Crippen LogP contribution is -2.45. The van der Waals surface area contributed by atoms with Crippen LogP contribution in [0.5, 0.6) is 11.5 Å². The second-order valence-corrected chi connectivity index (χ2v) is 7.86. The van der Waals surface area contributed by atoms with E-state index >= 15 is 0 Å². The van der Waals surface area contributed by atoms with Crippen LogP contribution < -0.4 is 26.0 Å². The largest absolute Gasteiger partial charge is 0.494 e. The Kier molecular flexibility index (Phi) is 9.52. The fraction of sp³-hybridized carbons (Fsp3) is 0.346. The molecule has 3 rings (SSSR count). The second kappa shape index (κ2) is 13.0. The third-order valence-corrected chi connectivity index (χ3v) is 5.16. The molecule has 0 fully saturated rings. The van der Waals surface area contributed by atoms with E-state index in [2.05, 4.69) is 17.8 Å². The number of ether oxygens (including phenoxy) is 2. The predicted molar refractivity (Wildman–Crippen MR) is 129 cm³/mol. The number of hydrazine groups is 1. The van der Waals surface area contributed by atoms with Crippen molar-refractivity contribution in [3.63, 3.8) is 0 Å². The topological polar surface area (TPSA) is 107 Å². The molecule has 0 radical (unpaired) electrons. The molecule has 8 nitrogen and oxygen atoms in total. The maximum absolute atomic E-state index is 12.3. The Bertz CT molecular complexity index is 1140. The summed E-state index contributed by atoms with van der Waals surface area (Å²) >= 11 is 0. The zero-order chi connectivity index (χ0) is 24.2. The van der Waals surface area contributed by atoms with Gasteiger partial charge in [-0.3, -0.25) is 20.4 Å². The van der Waals surface area contributed by atoms with Gasteiger partial charge in [-0.15, -0.1) is 0 Å². The van der Waals surface area contributed by atoms with Gasteiger partial charge in [0.05, 0.1) is 6.61 Å². The highest BCUT2D eigenvalue weighted by Crippen LogP contribution is 2.18. The maximum Gasteiger partial charge on any atom is 0.349 e. The highest BCUT2D eigenvalue weighted by atomic mass is 16.5. The van der Waals surface area contributed by atoms with Gasteiger partial charge < -0.3 is 13.9 Å². The second-order valence-electron chi connectivity index (χ2n) is 7.86. The van der Waals surface area contributed by atoms with Gasteiger partial charge in [0, 0.05) is 5.39 Å². The molecule has 34 heavy (non-hydrogen) atoms. The van der Waals surface area contributed by atoms with Crippen LogP contribution in [0.25, 0.3) is 11.0 Å². The lowest BCUT2D eigenvalue weighted by atomic mass is 10.1. The fourth-order valence-electron chi connectivity index (χ4n) is 3.30. The Morgan fingerprint density at radius 1 is 0.853 bits per heavy atom. The van der Waals surface area contributed by atoms with Crippen molar-refractivity contribution in [1.29, 1.82) is 0 Å². The van der Waals surface area contributed by atoms with Gasteiger partial charge in [0.25, 0.3) is 11.8 Å². The van der Waals surface area contributed by atoms with Gasteiger partial charge >= 0.3 is 5.63 Å². The number of carbonyl (C=O) groups excluding carboxylic acids is 2. The molecule has 0 saturated heterocycles. The third-order valence-electron chi connectivity index (χ3n) is 5.16. The lowest BCUT2D eigenvalue weighted by molar-refractivity contribution is -0.123. The van der Waals surface area contributed by atoms with E-state index in [0.717, 1.165) is 12.2 Å². The fourth-order valence-corrected chi connectivity index (χ4v) is 3.30. The molecule has 0 saturated carbocycles. The van der Waals surface area contributed by atoms with Gasteiger partial charge in [0.15, 0.2) is 6.61 Å². The Balaban J connectivity index is 1.37. The molecule has 2 amide bonds. The minimum atomic E-state index is -0.791. The molecule has 8 heteroatoms. The first-order valence-electron chi connectivity index (χ1n) is 11.5. The zero-order valence-electron chi connectivity index (χ0n) is 19.3. The average molecular weight is 467 g/mol. The molecule has 0 spiro atoms. The smallest absolute Gasteiger partial charge is 0.349 e. The van der Waals surface area contributed by atoms with Gasteiger partial charge in [0.1, 0.15) is 22.6 Å². The van der Waals surface area contributed by atoms with Crippen LogP contribution in [0.4, 0.5) is 0 Å². The number of hydrogen-bond donors (Lipinski definition) is 2. The number of para-hydroxylation sites is 1. The summed E-state index contributed by atoms with van der Waals surface area (Å²) in [6.45, 7) is 2.56. The quantitative estimate of drug-likeness (QED) is 0.233. The maximum atomic E-state index is 12.3. The molecule has 0 aliphatic carbocycles. The van der Waals surface area contributed by atoms with E-state index in [-0.39, 0.29) is 12.2 Å². The first-order chi connectivity index (χ1) is 16.6. The number of unbranched alkanes of at least 4 members (excludes halogenated alkanes) is 5. The average Bonchev–Trinajstić information content (AvgIpc) is 2.85. The van der Waals surface area contributed by atoms with E-state index < -0.39 is 17.4 Å². The van der Waals surface area contributed by atoms with Crippen LogP contribution in [-0.2, 0) is 4.79 Å². The summed E-state index contributed by atoms with van der Waals surface area (Å²) in [6.07, 6.45) is 7.23. The van der Waals surface area contributed by atoms with Crippen LogP contribution in [-0.4, -0.2) is 25.0 Å². The number of nitrogens with one attached hydrogen (secondary N) is 2. The van der Waals surface area contributed by atoms with E-state index in [1.54, 1.807) is 48.5 Å². The summed E-state index contributed by atoms with van der Waals surface area (Å²) in [5.74, 6) is -0.128. The highest BCUT2D eigenvalue weighted by molar-refractivity contribution is 5.97. The van der Waals surface area contributed by atoms with Crippen LogP contribution in [0.2, 0.25) is 0 Å². The molecule has 0 aliphatic rings. The zero-order valence-corrected chi connectivity index (χ0v) is 19.3. The van der Waals surface area contributed by atoms with Gasteiger partial charge in [-0.1, -0.05) is 57.2 Å². The van der Waals surface area contributed by atoms with E-state index in [1.807, 2.05) is 0 Å². The van der Waals surface area contributed by atoms with Crippen molar-refractivity contribution in [3.05, 3.63) is 70.6 Å². The monoisotopic (exact) mass is 466 g/mol. The number of fused-ring (bicyclic) bond motifs is 1. The van der Waals surface area contributed by atoms with Crippen molar-refractivity contribution >= 4 is 22.8 Å². The van der Waals surface area contributed by atoms with Gasteiger partial charge in [0.2, 0.25) is 0 Å². The molecule has 0 aliphatic heterocycles. The van der Waals surface area contributed by atoms with E-state index in [1.165, 1.54) is 38.2 Å². The molecule has 0 atom stereocenters. The Morgan fingerprint density at radius 2 is 1.53 bits per heavy atom. The normalized spacial score (nSPS) is 10.6. The highest BCUT2D eigenvalue weighted by Gasteiger charge is 2.14. The molecule has 180 valence electrons. The lowest BCUT2D eigenvalue weighted by Gasteiger charge is -2.10. The Labute approximate surface area is 198 Å². The summed E-state index contributed by atoms with van der Waals surface area (Å²) in [6, 6.07) is 15.2. The molecule has 1 heterocycles. The number of rotatable bonds is 12.